The van der Waals surface area contributed by atoms with Gasteiger partial charge in [-0.25, -0.2) is 32.2 Å². The number of rotatable bonds is 6. The molecule has 0 radical (unpaired) electrons. The van der Waals surface area contributed by atoms with Crippen LogP contribution in [0.2, 0.25) is 0 Å². The Morgan fingerprint density at radius 1 is 1.03 bits per heavy atom. The molecule has 0 atom stereocenters. The second-order valence-electron chi connectivity index (χ2n) is 8.10. The van der Waals surface area contributed by atoms with Gasteiger partial charge in [0.25, 0.3) is 10.0 Å². The molecule has 0 saturated carbocycles. The Kier molecular flexibility index (Phi) is 6.33. The Bertz CT molecular complexity index is 1610. The van der Waals surface area contributed by atoms with Crippen LogP contribution in [0.3, 0.4) is 0 Å². The number of aromatic nitrogens is 3. The highest BCUT2D eigenvalue weighted by atomic mass is 32.2. The molecule has 2 N–H and O–H groups in total. The van der Waals surface area contributed by atoms with E-state index in [9.17, 15) is 17.2 Å². The fourth-order valence-electron chi connectivity index (χ4n) is 4.07. The molecule has 36 heavy (non-hydrogen) atoms. The molecule has 0 unspecified atom stereocenters. The molecule has 0 bridgehead atoms. The van der Waals surface area contributed by atoms with Crippen molar-refractivity contribution < 1.29 is 21.9 Å². The zero-order valence-corrected chi connectivity index (χ0v) is 19.9. The lowest BCUT2D eigenvalue weighted by molar-refractivity contribution is 0.400. The van der Waals surface area contributed by atoms with Crippen molar-refractivity contribution in [1.82, 2.24) is 20.3 Å². The summed E-state index contributed by atoms with van der Waals surface area (Å²) in [5.74, 6) is -2.10. The quantitative estimate of drug-likeness (QED) is 0.402. The maximum atomic E-state index is 14.2. The maximum absolute atomic E-state index is 14.2. The monoisotopic (exact) mass is 509 g/mol. The molecule has 8 nitrogen and oxygen atoms in total. The molecular weight excluding hydrogens is 488 g/mol. The fraction of sp³-hybridized carbons (Fsp3) is 0.160. The average Bonchev–Trinajstić information content (AvgIpc) is 2.88. The number of anilines is 1. The van der Waals surface area contributed by atoms with Crippen molar-refractivity contribution in [3.63, 3.8) is 0 Å². The highest BCUT2D eigenvalue weighted by Crippen LogP contribution is 2.33. The molecular formula is C25H21F2N5O3S. The van der Waals surface area contributed by atoms with E-state index in [1.54, 1.807) is 12.3 Å². The van der Waals surface area contributed by atoms with Gasteiger partial charge in [0.2, 0.25) is 5.88 Å². The van der Waals surface area contributed by atoms with Gasteiger partial charge in [-0.05, 0) is 54.4 Å². The van der Waals surface area contributed by atoms with Crippen molar-refractivity contribution in [2.45, 2.75) is 11.3 Å². The van der Waals surface area contributed by atoms with E-state index in [2.05, 4.69) is 31.1 Å². The number of halogens is 2. The van der Waals surface area contributed by atoms with Crippen LogP contribution in [-0.2, 0) is 10.0 Å². The van der Waals surface area contributed by atoms with E-state index in [0.29, 0.717) is 11.6 Å². The number of sulfonamides is 1. The zero-order valence-electron chi connectivity index (χ0n) is 19.1. The Morgan fingerprint density at radius 3 is 2.64 bits per heavy atom. The molecule has 2 aromatic heterocycles. The van der Waals surface area contributed by atoms with E-state index >= 15 is 0 Å². The van der Waals surface area contributed by atoms with Crippen molar-refractivity contribution in [2.75, 3.05) is 24.9 Å². The first-order chi connectivity index (χ1) is 17.4. The molecule has 0 aliphatic carbocycles. The highest BCUT2D eigenvalue weighted by molar-refractivity contribution is 7.92. The smallest absolute Gasteiger partial charge is 0.264 e. The van der Waals surface area contributed by atoms with Gasteiger partial charge in [0.15, 0.2) is 0 Å². The first-order valence-electron chi connectivity index (χ1n) is 11.0. The lowest BCUT2D eigenvalue weighted by Gasteiger charge is -2.16. The van der Waals surface area contributed by atoms with Crippen LogP contribution in [0.15, 0.2) is 66.0 Å². The zero-order chi connectivity index (χ0) is 25.3. The van der Waals surface area contributed by atoms with Crippen LogP contribution < -0.4 is 14.8 Å². The Labute approximate surface area is 206 Å². The number of hydrogen-bond acceptors (Lipinski definition) is 7. The minimum absolute atomic E-state index is 0.00409. The topological polar surface area (TPSA) is 106 Å². The van der Waals surface area contributed by atoms with Crippen LogP contribution >= 0.6 is 0 Å². The first-order valence-corrected chi connectivity index (χ1v) is 12.5. The van der Waals surface area contributed by atoms with Crippen molar-refractivity contribution in [1.29, 1.82) is 0 Å². The molecule has 4 aromatic rings. The van der Waals surface area contributed by atoms with Crippen molar-refractivity contribution in [3.05, 3.63) is 78.4 Å². The van der Waals surface area contributed by atoms with Crippen LogP contribution in [0, 0.1) is 11.6 Å². The SMILES string of the molecule is COc1ncc(-c2ccc3ncnc(C4=CCNCC4)c3c2)cc1NS(=O)(=O)c1ccc(F)cc1F. The third kappa shape index (κ3) is 4.62. The van der Waals surface area contributed by atoms with Gasteiger partial charge in [-0.1, -0.05) is 12.1 Å². The molecule has 0 saturated heterocycles. The number of hydrogen-bond donors (Lipinski definition) is 2. The summed E-state index contributed by atoms with van der Waals surface area (Å²) in [7, 11) is -3.06. The van der Waals surface area contributed by atoms with Gasteiger partial charge in [-0.15, -0.1) is 0 Å². The molecule has 184 valence electrons. The lowest BCUT2D eigenvalue weighted by Crippen LogP contribution is -2.20. The summed E-state index contributed by atoms with van der Waals surface area (Å²) in [4.78, 5) is 12.4. The predicted octanol–water partition coefficient (Wildman–Crippen LogP) is 4.16. The molecule has 11 heteroatoms. The third-order valence-corrected chi connectivity index (χ3v) is 7.21. The first kappa shape index (κ1) is 23.8. The molecule has 0 spiro atoms. The van der Waals surface area contributed by atoms with Gasteiger partial charge in [0, 0.05) is 29.8 Å². The van der Waals surface area contributed by atoms with Gasteiger partial charge in [0.1, 0.15) is 28.5 Å². The minimum Gasteiger partial charge on any atom is -0.480 e. The van der Waals surface area contributed by atoms with Gasteiger partial charge < -0.3 is 10.1 Å². The normalized spacial score (nSPS) is 13.9. The summed E-state index contributed by atoms with van der Waals surface area (Å²) < 4.78 is 60.7. The number of benzene rings is 2. The summed E-state index contributed by atoms with van der Waals surface area (Å²) in [5, 5.41) is 4.14. The van der Waals surface area contributed by atoms with Gasteiger partial charge >= 0.3 is 0 Å². The van der Waals surface area contributed by atoms with Crippen molar-refractivity contribution in [2.24, 2.45) is 0 Å². The molecule has 2 aromatic carbocycles. The van der Waals surface area contributed by atoms with E-state index < -0.39 is 26.6 Å². The number of ether oxygens (including phenoxy) is 1. The van der Waals surface area contributed by atoms with E-state index in [1.165, 1.54) is 13.4 Å². The Hall–Kier alpha value is -3.96. The number of pyridine rings is 1. The summed E-state index contributed by atoms with van der Waals surface area (Å²) in [6.07, 6.45) is 6.03. The molecule has 0 amide bonds. The van der Waals surface area contributed by atoms with Crippen LogP contribution in [0.4, 0.5) is 14.5 Å². The maximum Gasteiger partial charge on any atom is 0.264 e. The summed E-state index contributed by atoms with van der Waals surface area (Å²) in [6, 6.07) is 9.41. The predicted molar refractivity (Wildman–Crippen MR) is 132 cm³/mol. The van der Waals surface area contributed by atoms with Crippen molar-refractivity contribution >= 4 is 32.2 Å². The third-order valence-electron chi connectivity index (χ3n) is 5.81. The minimum atomic E-state index is -4.39. The number of nitrogens with one attached hydrogen (secondary N) is 2. The summed E-state index contributed by atoms with van der Waals surface area (Å²) in [5.41, 5.74) is 4.08. The molecule has 1 aliphatic heterocycles. The van der Waals surface area contributed by atoms with Gasteiger partial charge in [-0.2, -0.15) is 0 Å². The van der Waals surface area contributed by atoms with E-state index in [1.807, 2.05) is 18.2 Å². The molecule has 1 aliphatic rings. The summed E-state index contributed by atoms with van der Waals surface area (Å²) >= 11 is 0. The molecule has 3 heterocycles. The van der Waals surface area contributed by atoms with Crippen LogP contribution in [0.5, 0.6) is 5.88 Å². The number of nitrogens with zero attached hydrogens (tertiary/aromatic N) is 3. The highest BCUT2D eigenvalue weighted by Gasteiger charge is 2.22. The van der Waals surface area contributed by atoms with Crippen LogP contribution in [-0.4, -0.2) is 43.6 Å². The van der Waals surface area contributed by atoms with Gasteiger partial charge in [-0.3, -0.25) is 4.72 Å². The molecule has 0 fully saturated rings. The van der Waals surface area contributed by atoms with E-state index in [4.69, 9.17) is 4.74 Å². The summed E-state index contributed by atoms with van der Waals surface area (Å²) in [6.45, 7) is 1.62. The van der Waals surface area contributed by atoms with E-state index in [0.717, 1.165) is 59.4 Å². The fourth-order valence-corrected chi connectivity index (χ4v) is 5.18. The average molecular weight is 510 g/mol. The number of methoxy groups -OCH3 is 1. The second-order valence-corrected chi connectivity index (χ2v) is 9.75. The Morgan fingerprint density at radius 2 is 1.89 bits per heavy atom. The van der Waals surface area contributed by atoms with E-state index in [-0.39, 0.29) is 11.6 Å². The standard InChI is InChI=1S/C25H21F2N5O3S/c1-35-25-22(32-36(33,34)23-5-3-18(26)12-20(23)27)11-17(13-29-25)16-2-4-21-19(10-16)24(31-14-30-21)15-6-8-28-9-7-15/h2-6,10-14,28,32H,7-9H2,1H3. The lowest BCUT2D eigenvalue weighted by atomic mass is 9.98. The van der Waals surface area contributed by atoms with Crippen molar-refractivity contribution in [3.8, 4) is 17.0 Å². The van der Waals surface area contributed by atoms with Crippen LogP contribution in [0.25, 0.3) is 27.6 Å². The van der Waals surface area contributed by atoms with Gasteiger partial charge in [0.05, 0.1) is 18.3 Å². The molecule has 5 rings (SSSR count). The second kappa shape index (κ2) is 9.59. The largest absolute Gasteiger partial charge is 0.480 e. The number of fused-ring (bicyclic) bond motifs is 1. The Balaban J connectivity index is 1.56. The van der Waals surface area contributed by atoms with Crippen LogP contribution in [0.1, 0.15) is 12.1 Å².